The molecule has 0 saturated heterocycles. The lowest BCUT2D eigenvalue weighted by atomic mass is 10.0. The Labute approximate surface area is 162 Å². The monoisotopic (exact) mass is 367 g/mol. The molecular formula is C25H22NP. The van der Waals surface area contributed by atoms with E-state index in [1.165, 1.54) is 27.0 Å². The standard InChI is InChI=1S/C25H22NP/c26-24-17-9-7-11-20(24)19-21-12-8-10-18-25(21)27(22-13-3-1-4-14-22)23-15-5-2-6-16-23/h1-18H,19,26H2. The van der Waals surface area contributed by atoms with Crippen LogP contribution in [0, 0.1) is 0 Å². The van der Waals surface area contributed by atoms with Crippen LogP contribution in [0.5, 0.6) is 0 Å². The van der Waals surface area contributed by atoms with Gasteiger partial charge in [0.2, 0.25) is 0 Å². The topological polar surface area (TPSA) is 26.0 Å². The number of rotatable bonds is 5. The molecule has 0 spiro atoms. The third-order valence-corrected chi connectivity index (χ3v) is 7.24. The van der Waals surface area contributed by atoms with E-state index in [-0.39, 0.29) is 0 Å². The third-order valence-electron chi connectivity index (χ3n) is 4.70. The highest BCUT2D eigenvalue weighted by Crippen LogP contribution is 2.34. The number of anilines is 1. The van der Waals surface area contributed by atoms with Crippen molar-refractivity contribution < 1.29 is 0 Å². The van der Waals surface area contributed by atoms with E-state index >= 15 is 0 Å². The van der Waals surface area contributed by atoms with Gasteiger partial charge in [-0.15, -0.1) is 0 Å². The molecule has 132 valence electrons. The van der Waals surface area contributed by atoms with Crippen molar-refractivity contribution in [3.8, 4) is 0 Å². The van der Waals surface area contributed by atoms with E-state index in [4.69, 9.17) is 5.73 Å². The van der Waals surface area contributed by atoms with Gasteiger partial charge in [-0.1, -0.05) is 103 Å². The molecule has 0 aliphatic carbocycles. The van der Waals surface area contributed by atoms with Crippen molar-refractivity contribution >= 4 is 29.5 Å². The van der Waals surface area contributed by atoms with Gasteiger partial charge in [0, 0.05) is 12.1 Å². The smallest absolute Gasteiger partial charge is 0.0349 e. The fourth-order valence-electron chi connectivity index (χ4n) is 3.36. The van der Waals surface area contributed by atoms with E-state index in [2.05, 4.69) is 97.1 Å². The zero-order chi connectivity index (χ0) is 18.5. The molecule has 4 aromatic rings. The number of nitrogens with two attached hydrogens (primary N) is 1. The molecule has 2 heteroatoms. The van der Waals surface area contributed by atoms with Crippen LogP contribution in [0.1, 0.15) is 11.1 Å². The molecular weight excluding hydrogens is 345 g/mol. The van der Waals surface area contributed by atoms with E-state index in [1.807, 2.05) is 12.1 Å². The first-order valence-corrected chi connectivity index (χ1v) is 10.5. The SMILES string of the molecule is Nc1ccccc1Cc1ccccc1P(c1ccccc1)c1ccccc1. The maximum Gasteiger partial charge on any atom is 0.0349 e. The van der Waals surface area contributed by atoms with Gasteiger partial charge in [-0.2, -0.15) is 0 Å². The fourth-order valence-corrected chi connectivity index (χ4v) is 5.83. The Morgan fingerprint density at radius 1 is 0.519 bits per heavy atom. The first-order valence-electron chi connectivity index (χ1n) is 9.14. The lowest BCUT2D eigenvalue weighted by Crippen LogP contribution is -2.23. The highest BCUT2D eigenvalue weighted by Gasteiger charge is 2.19. The van der Waals surface area contributed by atoms with Gasteiger partial charge in [-0.25, -0.2) is 0 Å². The Morgan fingerprint density at radius 3 is 1.59 bits per heavy atom. The largest absolute Gasteiger partial charge is 0.398 e. The van der Waals surface area contributed by atoms with Crippen molar-refractivity contribution in [2.75, 3.05) is 5.73 Å². The van der Waals surface area contributed by atoms with Gasteiger partial charge >= 0.3 is 0 Å². The predicted octanol–water partition coefficient (Wildman–Crippen LogP) is 4.62. The Morgan fingerprint density at radius 2 is 1.00 bits per heavy atom. The summed E-state index contributed by atoms with van der Waals surface area (Å²) in [6.45, 7) is 0. The highest BCUT2D eigenvalue weighted by molar-refractivity contribution is 7.79. The lowest BCUT2D eigenvalue weighted by molar-refractivity contribution is 1.21. The molecule has 0 unspecified atom stereocenters. The second kappa shape index (κ2) is 8.20. The van der Waals surface area contributed by atoms with Crippen LogP contribution in [-0.2, 0) is 6.42 Å². The average Bonchev–Trinajstić information content (AvgIpc) is 2.73. The molecule has 4 aromatic carbocycles. The summed E-state index contributed by atoms with van der Waals surface area (Å²) < 4.78 is 0. The van der Waals surface area contributed by atoms with Crippen molar-refractivity contribution in [1.82, 2.24) is 0 Å². The van der Waals surface area contributed by atoms with Crippen LogP contribution in [0.25, 0.3) is 0 Å². The first kappa shape index (κ1) is 17.5. The van der Waals surface area contributed by atoms with Crippen molar-refractivity contribution in [1.29, 1.82) is 0 Å². The van der Waals surface area contributed by atoms with Crippen LogP contribution >= 0.6 is 7.92 Å². The van der Waals surface area contributed by atoms with Gasteiger partial charge in [0.05, 0.1) is 0 Å². The molecule has 4 rings (SSSR count). The Hall–Kier alpha value is -2.89. The molecule has 0 aliphatic heterocycles. The summed E-state index contributed by atoms with van der Waals surface area (Å²) in [5.41, 5.74) is 9.60. The molecule has 0 fully saturated rings. The average molecular weight is 367 g/mol. The molecule has 1 nitrogen and oxygen atoms in total. The Bertz CT molecular complexity index is 973. The van der Waals surface area contributed by atoms with Gasteiger partial charge in [-0.05, 0) is 41.0 Å². The van der Waals surface area contributed by atoms with Gasteiger partial charge in [0.1, 0.15) is 0 Å². The summed E-state index contributed by atoms with van der Waals surface area (Å²) in [5, 5.41) is 4.13. The number of para-hydroxylation sites is 1. The van der Waals surface area contributed by atoms with Crippen LogP contribution in [0.4, 0.5) is 5.69 Å². The van der Waals surface area contributed by atoms with Crippen LogP contribution in [-0.4, -0.2) is 0 Å². The summed E-state index contributed by atoms with van der Waals surface area (Å²) in [4.78, 5) is 0. The van der Waals surface area contributed by atoms with Crippen LogP contribution in [0.15, 0.2) is 109 Å². The summed E-state index contributed by atoms with van der Waals surface area (Å²) in [7, 11) is -0.613. The number of benzene rings is 4. The van der Waals surface area contributed by atoms with E-state index in [0.717, 1.165) is 12.1 Å². The second-order valence-electron chi connectivity index (χ2n) is 6.51. The Kier molecular flexibility index (Phi) is 5.32. The molecule has 0 heterocycles. The second-order valence-corrected chi connectivity index (χ2v) is 8.70. The maximum atomic E-state index is 6.22. The molecule has 0 atom stereocenters. The van der Waals surface area contributed by atoms with Crippen LogP contribution < -0.4 is 21.6 Å². The molecule has 0 aliphatic rings. The lowest BCUT2D eigenvalue weighted by Gasteiger charge is -2.22. The molecule has 0 aromatic heterocycles. The summed E-state index contributed by atoms with van der Waals surface area (Å²) in [6, 6.07) is 38.6. The van der Waals surface area contributed by atoms with Gasteiger partial charge in [0.15, 0.2) is 0 Å². The molecule has 0 radical (unpaired) electrons. The quantitative estimate of drug-likeness (QED) is 0.404. The van der Waals surface area contributed by atoms with Crippen molar-refractivity contribution in [3.05, 3.63) is 120 Å². The van der Waals surface area contributed by atoms with E-state index < -0.39 is 7.92 Å². The van der Waals surface area contributed by atoms with Crippen molar-refractivity contribution in [2.24, 2.45) is 0 Å². The maximum absolute atomic E-state index is 6.22. The highest BCUT2D eigenvalue weighted by atomic mass is 31.1. The summed E-state index contributed by atoms with van der Waals surface area (Å²) in [6.07, 6.45) is 0.849. The van der Waals surface area contributed by atoms with E-state index in [0.29, 0.717) is 0 Å². The summed E-state index contributed by atoms with van der Waals surface area (Å²) in [5.74, 6) is 0. The van der Waals surface area contributed by atoms with Gasteiger partial charge < -0.3 is 5.73 Å². The van der Waals surface area contributed by atoms with E-state index in [1.54, 1.807) is 0 Å². The zero-order valence-electron chi connectivity index (χ0n) is 15.1. The fraction of sp³-hybridized carbons (Fsp3) is 0.0400. The van der Waals surface area contributed by atoms with Crippen molar-refractivity contribution in [3.63, 3.8) is 0 Å². The minimum atomic E-state index is -0.613. The molecule has 0 amide bonds. The van der Waals surface area contributed by atoms with Crippen molar-refractivity contribution in [2.45, 2.75) is 6.42 Å². The number of hydrogen-bond acceptors (Lipinski definition) is 1. The molecule has 27 heavy (non-hydrogen) atoms. The predicted molar refractivity (Wildman–Crippen MR) is 119 cm³/mol. The molecule has 2 N–H and O–H groups in total. The van der Waals surface area contributed by atoms with Crippen LogP contribution in [0.3, 0.4) is 0 Å². The molecule has 0 saturated carbocycles. The number of nitrogen functional groups attached to an aromatic ring is 1. The third kappa shape index (κ3) is 3.94. The minimum absolute atomic E-state index is 0.613. The van der Waals surface area contributed by atoms with Gasteiger partial charge in [0.25, 0.3) is 0 Å². The van der Waals surface area contributed by atoms with Crippen LogP contribution in [0.2, 0.25) is 0 Å². The molecule has 0 bridgehead atoms. The van der Waals surface area contributed by atoms with Gasteiger partial charge in [-0.3, -0.25) is 0 Å². The number of hydrogen-bond donors (Lipinski definition) is 1. The minimum Gasteiger partial charge on any atom is -0.398 e. The zero-order valence-corrected chi connectivity index (χ0v) is 16.0. The van der Waals surface area contributed by atoms with E-state index in [9.17, 15) is 0 Å². The Balaban J connectivity index is 1.83. The summed E-state index contributed by atoms with van der Waals surface area (Å²) >= 11 is 0. The normalized spacial score (nSPS) is 10.9. The first-order chi connectivity index (χ1) is 13.3.